The number of imide groups is 1. The van der Waals surface area contributed by atoms with Gasteiger partial charge >= 0.3 is 12.1 Å². The van der Waals surface area contributed by atoms with Gasteiger partial charge in [0.15, 0.2) is 0 Å². The Hall–Kier alpha value is -3.01. The molecule has 2 heterocycles. The number of alkyl halides is 3. The van der Waals surface area contributed by atoms with Crippen LogP contribution in [0.5, 0.6) is 0 Å². The van der Waals surface area contributed by atoms with Crippen LogP contribution in [0, 0.1) is 0 Å². The first-order valence-electron chi connectivity index (χ1n) is 7.78. The van der Waals surface area contributed by atoms with Gasteiger partial charge in [-0.1, -0.05) is 12.1 Å². The third kappa shape index (κ3) is 4.11. The number of carbonyl (C=O) groups is 3. The first-order valence-corrected chi connectivity index (χ1v) is 8.60. The van der Waals surface area contributed by atoms with Crippen molar-refractivity contribution in [2.24, 2.45) is 0 Å². The number of ether oxygens (including phenoxy) is 1. The number of thioether (sulfide) groups is 1. The number of benzene rings is 1. The summed E-state index contributed by atoms with van der Waals surface area (Å²) in [5.41, 5.74) is -0.597. The molecule has 0 N–H and O–H groups in total. The molecular weight excluding hydrogens is 399 g/mol. The molecule has 1 aromatic heterocycles. The average molecular weight is 411 g/mol. The van der Waals surface area contributed by atoms with Crippen molar-refractivity contribution in [3.05, 3.63) is 52.6 Å². The van der Waals surface area contributed by atoms with Crippen LogP contribution in [0.25, 0.3) is 17.4 Å². The Morgan fingerprint density at radius 2 is 2.00 bits per heavy atom. The van der Waals surface area contributed by atoms with Crippen LogP contribution in [0.3, 0.4) is 0 Å². The van der Waals surface area contributed by atoms with Crippen LogP contribution in [0.2, 0.25) is 0 Å². The van der Waals surface area contributed by atoms with Crippen molar-refractivity contribution >= 4 is 35.0 Å². The minimum atomic E-state index is -4.48. The SMILES string of the molecule is COC(=O)CN1C(=O)S/C(=C\c2ccc(-c3cccc(C(F)(F)F)c3)o2)C1=O. The van der Waals surface area contributed by atoms with E-state index in [-0.39, 0.29) is 22.0 Å². The molecule has 1 aliphatic heterocycles. The normalized spacial score (nSPS) is 16.1. The molecule has 1 fully saturated rings. The standard InChI is InChI=1S/C18H12F3NO5S/c1-26-15(23)9-22-16(24)14(28-17(22)25)8-12-5-6-13(27-12)10-3-2-4-11(7-10)18(19,20)21/h2-8H,9H2,1H3/b14-8-. The first kappa shape index (κ1) is 19.7. The van der Waals surface area contributed by atoms with Crippen molar-refractivity contribution in [2.45, 2.75) is 6.18 Å². The molecule has 3 rings (SSSR count). The number of esters is 1. The summed E-state index contributed by atoms with van der Waals surface area (Å²) in [4.78, 5) is 36.2. The summed E-state index contributed by atoms with van der Waals surface area (Å²) in [6.07, 6.45) is -3.19. The van der Waals surface area contributed by atoms with Gasteiger partial charge in [0.05, 0.1) is 17.6 Å². The zero-order valence-electron chi connectivity index (χ0n) is 14.3. The van der Waals surface area contributed by atoms with Crippen molar-refractivity contribution in [3.8, 4) is 11.3 Å². The molecule has 1 aliphatic rings. The lowest BCUT2D eigenvalue weighted by Gasteiger charge is -2.09. The zero-order valence-corrected chi connectivity index (χ0v) is 15.1. The van der Waals surface area contributed by atoms with Crippen LogP contribution in [0.15, 0.2) is 45.7 Å². The number of halogens is 3. The fourth-order valence-corrected chi connectivity index (χ4v) is 3.21. The molecule has 2 amide bonds. The lowest BCUT2D eigenvalue weighted by molar-refractivity contribution is -0.143. The van der Waals surface area contributed by atoms with E-state index in [0.717, 1.165) is 24.1 Å². The minimum absolute atomic E-state index is 0.0267. The first-order chi connectivity index (χ1) is 13.2. The van der Waals surface area contributed by atoms with Crippen LogP contribution < -0.4 is 0 Å². The molecule has 0 atom stereocenters. The Bertz CT molecular complexity index is 980. The van der Waals surface area contributed by atoms with E-state index in [9.17, 15) is 27.6 Å². The van der Waals surface area contributed by atoms with Crippen molar-refractivity contribution in [1.29, 1.82) is 0 Å². The predicted molar refractivity (Wildman–Crippen MR) is 93.8 cm³/mol. The highest BCUT2D eigenvalue weighted by atomic mass is 32.2. The largest absolute Gasteiger partial charge is 0.468 e. The van der Waals surface area contributed by atoms with Gasteiger partial charge in [-0.05, 0) is 36.0 Å². The summed E-state index contributed by atoms with van der Waals surface area (Å²) in [7, 11) is 1.13. The van der Waals surface area contributed by atoms with Gasteiger partial charge in [-0.2, -0.15) is 13.2 Å². The van der Waals surface area contributed by atoms with Gasteiger partial charge in [0, 0.05) is 11.6 Å². The molecule has 0 bridgehead atoms. The van der Waals surface area contributed by atoms with Gasteiger partial charge in [0.2, 0.25) is 0 Å². The van der Waals surface area contributed by atoms with Crippen LogP contribution in [-0.2, 0) is 20.5 Å². The van der Waals surface area contributed by atoms with Crippen LogP contribution in [0.4, 0.5) is 18.0 Å². The highest BCUT2D eigenvalue weighted by molar-refractivity contribution is 8.18. The molecule has 0 saturated carbocycles. The Morgan fingerprint density at radius 1 is 1.25 bits per heavy atom. The number of nitrogens with zero attached hydrogens (tertiary/aromatic N) is 1. The quantitative estimate of drug-likeness (QED) is 0.555. The molecular formula is C18H12F3NO5S. The summed E-state index contributed by atoms with van der Waals surface area (Å²) in [5, 5.41) is -0.633. The van der Waals surface area contributed by atoms with Crippen LogP contribution >= 0.6 is 11.8 Å². The topological polar surface area (TPSA) is 76.8 Å². The molecule has 0 unspecified atom stereocenters. The number of hydrogen-bond acceptors (Lipinski definition) is 6. The van der Waals surface area contributed by atoms with Gasteiger partial charge < -0.3 is 9.15 Å². The zero-order chi connectivity index (χ0) is 20.5. The molecule has 0 radical (unpaired) electrons. The Labute approximate surface area is 160 Å². The van der Waals surface area contributed by atoms with E-state index in [4.69, 9.17) is 4.42 Å². The van der Waals surface area contributed by atoms with Gasteiger partial charge in [0.25, 0.3) is 11.1 Å². The molecule has 146 valence electrons. The van der Waals surface area contributed by atoms with E-state index in [2.05, 4.69) is 4.74 Å². The molecule has 10 heteroatoms. The molecule has 6 nitrogen and oxygen atoms in total. The minimum Gasteiger partial charge on any atom is -0.468 e. The number of carbonyl (C=O) groups excluding carboxylic acids is 3. The number of methoxy groups -OCH3 is 1. The molecule has 1 aromatic carbocycles. The summed E-state index contributed by atoms with van der Waals surface area (Å²) in [6, 6.07) is 7.54. The molecule has 0 aliphatic carbocycles. The lowest BCUT2D eigenvalue weighted by Crippen LogP contribution is -2.34. The molecule has 1 saturated heterocycles. The monoisotopic (exact) mass is 411 g/mol. The maximum absolute atomic E-state index is 12.8. The Morgan fingerprint density at radius 3 is 2.68 bits per heavy atom. The van der Waals surface area contributed by atoms with Crippen LogP contribution in [-0.4, -0.2) is 35.7 Å². The summed E-state index contributed by atoms with van der Waals surface area (Å²) >= 11 is 0.622. The number of furan rings is 1. The van der Waals surface area contributed by atoms with Gasteiger partial charge in [0.1, 0.15) is 18.1 Å². The second-order valence-electron chi connectivity index (χ2n) is 5.62. The summed E-state index contributed by atoms with van der Waals surface area (Å²) in [5.74, 6) is -1.08. The molecule has 2 aromatic rings. The average Bonchev–Trinajstić information content (AvgIpc) is 3.21. The highest BCUT2D eigenvalue weighted by Gasteiger charge is 2.36. The van der Waals surface area contributed by atoms with Crippen LogP contribution in [0.1, 0.15) is 11.3 Å². The highest BCUT2D eigenvalue weighted by Crippen LogP contribution is 2.35. The van der Waals surface area contributed by atoms with E-state index >= 15 is 0 Å². The summed E-state index contributed by atoms with van der Waals surface area (Å²) < 4.78 is 48.5. The molecule has 28 heavy (non-hydrogen) atoms. The third-order valence-electron chi connectivity index (χ3n) is 3.76. The lowest BCUT2D eigenvalue weighted by atomic mass is 10.1. The number of hydrogen-bond donors (Lipinski definition) is 0. The van der Waals surface area contributed by atoms with E-state index in [1.165, 1.54) is 30.3 Å². The van der Waals surface area contributed by atoms with E-state index in [1.807, 2.05) is 0 Å². The Kier molecular flexibility index (Phi) is 5.32. The fourth-order valence-electron chi connectivity index (χ4n) is 2.39. The van der Waals surface area contributed by atoms with E-state index in [1.54, 1.807) is 0 Å². The number of rotatable bonds is 4. The van der Waals surface area contributed by atoms with Crippen molar-refractivity contribution < 1.29 is 36.7 Å². The maximum Gasteiger partial charge on any atom is 0.416 e. The van der Waals surface area contributed by atoms with Gasteiger partial charge in [-0.25, -0.2) is 0 Å². The van der Waals surface area contributed by atoms with E-state index < -0.39 is 35.4 Å². The smallest absolute Gasteiger partial charge is 0.416 e. The molecule has 0 spiro atoms. The second kappa shape index (κ2) is 7.55. The van der Waals surface area contributed by atoms with Gasteiger partial charge in [-0.3, -0.25) is 19.3 Å². The Balaban J connectivity index is 1.82. The number of amides is 2. The summed E-state index contributed by atoms with van der Waals surface area (Å²) in [6.45, 7) is -0.508. The predicted octanol–water partition coefficient (Wildman–Crippen LogP) is 4.17. The van der Waals surface area contributed by atoms with Crippen molar-refractivity contribution in [3.63, 3.8) is 0 Å². The second-order valence-corrected chi connectivity index (χ2v) is 6.62. The van der Waals surface area contributed by atoms with E-state index in [0.29, 0.717) is 11.8 Å². The maximum atomic E-state index is 12.8. The fraction of sp³-hybridized carbons (Fsp3) is 0.167. The van der Waals surface area contributed by atoms with Crippen molar-refractivity contribution in [1.82, 2.24) is 4.90 Å². The van der Waals surface area contributed by atoms with Crippen molar-refractivity contribution in [2.75, 3.05) is 13.7 Å². The van der Waals surface area contributed by atoms with Gasteiger partial charge in [-0.15, -0.1) is 0 Å². The third-order valence-corrected chi connectivity index (χ3v) is 4.67.